The van der Waals surface area contributed by atoms with Crippen LogP contribution in [-0.2, 0) is 0 Å². The van der Waals surface area contributed by atoms with Crippen molar-refractivity contribution in [3.63, 3.8) is 0 Å². The summed E-state index contributed by atoms with van der Waals surface area (Å²) in [7, 11) is 0. The summed E-state index contributed by atoms with van der Waals surface area (Å²) < 4.78 is 27.1. The Balaban J connectivity index is 0.00000144. The second kappa shape index (κ2) is 6.30. The number of piperidine rings is 2. The molecular weight excluding hydrogens is 246 g/mol. The van der Waals surface area contributed by atoms with E-state index >= 15 is 0 Å². The highest BCUT2D eigenvalue weighted by Crippen LogP contribution is 2.33. The first-order valence-corrected chi connectivity index (χ1v) is 6.39. The number of likely N-dealkylation sites (tertiary alicyclic amines) is 1. The second-order valence-electron chi connectivity index (χ2n) is 5.38. The van der Waals surface area contributed by atoms with Gasteiger partial charge in [-0.05, 0) is 44.8 Å². The molecule has 2 saturated heterocycles. The molecule has 0 spiro atoms. The molecule has 2 heterocycles. The van der Waals surface area contributed by atoms with Crippen LogP contribution < -0.4 is 5.32 Å². The standard InChI is InChI=1S/C12H22F2N2.ClH/c1-10-4-7-16(9-12(10,13)14)8-11-2-5-15-6-3-11;/h10-11,15H,2-9H2,1H3;1H. The quantitative estimate of drug-likeness (QED) is 0.827. The van der Waals surface area contributed by atoms with Gasteiger partial charge < -0.3 is 5.32 Å². The Kier molecular flexibility index (Phi) is 5.61. The molecule has 1 unspecified atom stereocenters. The molecule has 17 heavy (non-hydrogen) atoms. The van der Waals surface area contributed by atoms with Crippen molar-refractivity contribution >= 4 is 12.4 Å². The van der Waals surface area contributed by atoms with Crippen molar-refractivity contribution in [2.45, 2.75) is 32.1 Å². The largest absolute Gasteiger partial charge is 0.317 e. The maximum atomic E-state index is 13.5. The number of hydrogen-bond donors (Lipinski definition) is 1. The van der Waals surface area contributed by atoms with Crippen LogP contribution in [0.1, 0.15) is 26.2 Å². The molecule has 0 radical (unpaired) electrons. The number of nitrogens with zero attached hydrogens (tertiary/aromatic N) is 1. The summed E-state index contributed by atoms with van der Waals surface area (Å²) in [5, 5.41) is 3.31. The first-order chi connectivity index (χ1) is 7.58. The molecular formula is C12H23ClF2N2. The van der Waals surface area contributed by atoms with E-state index in [1.807, 2.05) is 4.90 Å². The van der Waals surface area contributed by atoms with Gasteiger partial charge in [-0.3, -0.25) is 4.90 Å². The van der Waals surface area contributed by atoms with Crippen LogP contribution in [-0.4, -0.2) is 43.5 Å². The molecule has 0 bridgehead atoms. The minimum absolute atomic E-state index is 0. The second-order valence-corrected chi connectivity index (χ2v) is 5.38. The third kappa shape index (κ3) is 4.04. The predicted octanol–water partition coefficient (Wildman–Crippen LogP) is 2.38. The van der Waals surface area contributed by atoms with Crippen molar-refractivity contribution in [3.8, 4) is 0 Å². The van der Waals surface area contributed by atoms with Gasteiger partial charge in [0.1, 0.15) is 0 Å². The summed E-state index contributed by atoms with van der Waals surface area (Å²) >= 11 is 0. The van der Waals surface area contributed by atoms with E-state index in [9.17, 15) is 8.78 Å². The molecule has 1 N–H and O–H groups in total. The minimum atomic E-state index is -2.48. The molecule has 1 atom stereocenters. The zero-order chi connectivity index (χ0) is 11.6. The molecule has 2 rings (SSSR count). The van der Waals surface area contributed by atoms with Crippen LogP contribution in [0.25, 0.3) is 0 Å². The number of alkyl halides is 2. The van der Waals surface area contributed by atoms with E-state index in [1.54, 1.807) is 6.92 Å². The molecule has 0 aromatic rings. The maximum Gasteiger partial charge on any atom is 0.263 e. The van der Waals surface area contributed by atoms with Crippen molar-refractivity contribution < 1.29 is 8.78 Å². The summed E-state index contributed by atoms with van der Waals surface area (Å²) in [6.45, 7) is 5.45. The van der Waals surface area contributed by atoms with E-state index in [1.165, 1.54) is 0 Å². The van der Waals surface area contributed by atoms with Gasteiger partial charge in [0.05, 0.1) is 6.54 Å². The molecule has 0 aromatic heterocycles. The lowest BCUT2D eigenvalue weighted by molar-refractivity contribution is -0.107. The number of nitrogens with one attached hydrogen (secondary N) is 1. The Hall–Kier alpha value is 0.0700. The van der Waals surface area contributed by atoms with E-state index in [-0.39, 0.29) is 19.0 Å². The highest BCUT2D eigenvalue weighted by atomic mass is 35.5. The lowest BCUT2D eigenvalue weighted by Gasteiger charge is -2.39. The zero-order valence-electron chi connectivity index (χ0n) is 10.4. The topological polar surface area (TPSA) is 15.3 Å². The van der Waals surface area contributed by atoms with Gasteiger partial charge in [-0.15, -0.1) is 12.4 Å². The fourth-order valence-electron chi connectivity index (χ4n) is 2.71. The van der Waals surface area contributed by atoms with Crippen LogP contribution in [0, 0.1) is 11.8 Å². The summed E-state index contributed by atoms with van der Waals surface area (Å²) in [6, 6.07) is 0. The van der Waals surface area contributed by atoms with Gasteiger partial charge >= 0.3 is 0 Å². The Morgan fingerprint density at radius 2 is 1.88 bits per heavy atom. The highest BCUT2D eigenvalue weighted by Gasteiger charge is 2.41. The van der Waals surface area contributed by atoms with E-state index in [0.29, 0.717) is 12.3 Å². The van der Waals surface area contributed by atoms with Crippen LogP contribution in [0.5, 0.6) is 0 Å². The molecule has 2 fully saturated rings. The number of rotatable bonds is 2. The first-order valence-electron chi connectivity index (χ1n) is 6.39. The van der Waals surface area contributed by atoms with Crippen LogP contribution in [0.3, 0.4) is 0 Å². The van der Waals surface area contributed by atoms with Gasteiger partial charge in [0.2, 0.25) is 0 Å². The third-order valence-electron chi connectivity index (χ3n) is 4.01. The van der Waals surface area contributed by atoms with Crippen molar-refractivity contribution in [2.24, 2.45) is 11.8 Å². The van der Waals surface area contributed by atoms with E-state index in [0.717, 1.165) is 39.0 Å². The van der Waals surface area contributed by atoms with Gasteiger partial charge in [0.25, 0.3) is 5.92 Å². The third-order valence-corrected chi connectivity index (χ3v) is 4.01. The molecule has 2 aliphatic rings. The fourth-order valence-corrected chi connectivity index (χ4v) is 2.71. The Morgan fingerprint density at radius 1 is 1.24 bits per heavy atom. The lowest BCUT2D eigenvalue weighted by atomic mass is 9.92. The zero-order valence-corrected chi connectivity index (χ0v) is 11.2. The smallest absolute Gasteiger partial charge is 0.263 e. The Labute approximate surface area is 109 Å². The molecule has 102 valence electrons. The summed E-state index contributed by atoms with van der Waals surface area (Å²) in [5.74, 6) is -2.31. The molecule has 0 aliphatic carbocycles. The van der Waals surface area contributed by atoms with Crippen molar-refractivity contribution in [1.82, 2.24) is 10.2 Å². The average molecular weight is 269 g/mol. The summed E-state index contributed by atoms with van der Waals surface area (Å²) in [6.07, 6.45) is 2.91. The molecule has 5 heteroatoms. The molecule has 0 saturated carbocycles. The van der Waals surface area contributed by atoms with Crippen LogP contribution >= 0.6 is 12.4 Å². The first kappa shape index (κ1) is 15.1. The molecule has 2 aliphatic heterocycles. The maximum absolute atomic E-state index is 13.5. The molecule has 2 nitrogen and oxygen atoms in total. The minimum Gasteiger partial charge on any atom is -0.317 e. The van der Waals surface area contributed by atoms with Gasteiger partial charge in [-0.25, -0.2) is 8.78 Å². The van der Waals surface area contributed by atoms with Crippen LogP contribution in [0.2, 0.25) is 0 Å². The highest BCUT2D eigenvalue weighted by molar-refractivity contribution is 5.85. The van der Waals surface area contributed by atoms with Crippen molar-refractivity contribution in [2.75, 3.05) is 32.7 Å². The van der Waals surface area contributed by atoms with Gasteiger partial charge in [-0.1, -0.05) is 6.92 Å². The van der Waals surface area contributed by atoms with Crippen LogP contribution in [0.15, 0.2) is 0 Å². The monoisotopic (exact) mass is 268 g/mol. The van der Waals surface area contributed by atoms with Crippen molar-refractivity contribution in [3.05, 3.63) is 0 Å². The van der Waals surface area contributed by atoms with Gasteiger partial charge in [0.15, 0.2) is 0 Å². The summed E-state index contributed by atoms with van der Waals surface area (Å²) in [4.78, 5) is 1.97. The average Bonchev–Trinajstić information content (AvgIpc) is 2.25. The summed E-state index contributed by atoms with van der Waals surface area (Å²) in [5.41, 5.74) is 0. The fraction of sp³-hybridized carbons (Fsp3) is 1.00. The number of hydrogen-bond acceptors (Lipinski definition) is 2. The number of halogens is 3. The van der Waals surface area contributed by atoms with E-state index < -0.39 is 11.8 Å². The van der Waals surface area contributed by atoms with E-state index in [4.69, 9.17) is 0 Å². The Bertz CT molecular complexity index is 233. The van der Waals surface area contributed by atoms with Gasteiger partial charge in [0, 0.05) is 12.5 Å². The SMILES string of the molecule is CC1CCN(CC2CCNCC2)CC1(F)F.Cl. The van der Waals surface area contributed by atoms with Crippen LogP contribution in [0.4, 0.5) is 8.78 Å². The van der Waals surface area contributed by atoms with Gasteiger partial charge in [-0.2, -0.15) is 0 Å². The Morgan fingerprint density at radius 3 is 2.47 bits per heavy atom. The molecule has 0 amide bonds. The predicted molar refractivity (Wildman–Crippen MR) is 68.0 cm³/mol. The van der Waals surface area contributed by atoms with E-state index in [2.05, 4.69) is 5.32 Å². The normalized spacial score (nSPS) is 30.9. The molecule has 0 aromatic carbocycles. The van der Waals surface area contributed by atoms with Crippen molar-refractivity contribution in [1.29, 1.82) is 0 Å². The lowest BCUT2D eigenvalue weighted by Crippen LogP contribution is -2.49.